The van der Waals surface area contributed by atoms with Crippen LogP contribution in [-0.4, -0.2) is 48.6 Å². The molecule has 2 aliphatic heterocycles. The van der Waals surface area contributed by atoms with Gasteiger partial charge in [0.1, 0.15) is 0 Å². The van der Waals surface area contributed by atoms with Crippen molar-refractivity contribution in [2.24, 2.45) is 5.92 Å². The first-order valence-corrected chi connectivity index (χ1v) is 9.81. The number of carbonyl (C=O) groups excluding carboxylic acids is 2. The molecule has 1 aromatic carbocycles. The zero-order chi connectivity index (χ0) is 18.4. The molecular formula is C21H30N2O3. The highest BCUT2D eigenvalue weighted by Gasteiger charge is 2.35. The number of rotatable bonds is 5. The predicted octanol–water partition coefficient (Wildman–Crippen LogP) is 2.54. The maximum atomic E-state index is 13.1. The molecule has 0 radical (unpaired) electrons. The first-order valence-electron chi connectivity index (χ1n) is 9.81. The Labute approximate surface area is 156 Å². The van der Waals surface area contributed by atoms with Crippen LogP contribution in [0.4, 0.5) is 0 Å². The summed E-state index contributed by atoms with van der Waals surface area (Å²) in [7, 11) is 0. The highest BCUT2D eigenvalue weighted by atomic mass is 16.5. The molecule has 5 nitrogen and oxygen atoms in total. The number of ether oxygens (including phenoxy) is 1. The number of hydrogen-bond donors (Lipinski definition) is 1. The van der Waals surface area contributed by atoms with E-state index >= 15 is 0 Å². The van der Waals surface area contributed by atoms with Crippen LogP contribution < -0.4 is 5.32 Å². The Morgan fingerprint density at radius 2 is 1.88 bits per heavy atom. The Morgan fingerprint density at radius 3 is 2.58 bits per heavy atom. The van der Waals surface area contributed by atoms with E-state index in [4.69, 9.17) is 4.74 Å². The minimum absolute atomic E-state index is 0.0215. The van der Waals surface area contributed by atoms with E-state index in [1.807, 2.05) is 23.1 Å². The van der Waals surface area contributed by atoms with Crippen molar-refractivity contribution in [2.75, 3.05) is 19.8 Å². The van der Waals surface area contributed by atoms with Gasteiger partial charge in [-0.05, 0) is 43.6 Å². The lowest BCUT2D eigenvalue weighted by atomic mass is 9.89. The predicted molar refractivity (Wildman–Crippen MR) is 101 cm³/mol. The lowest BCUT2D eigenvalue weighted by Crippen LogP contribution is -2.57. The average molecular weight is 358 g/mol. The van der Waals surface area contributed by atoms with Crippen molar-refractivity contribution in [1.82, 2.24) is 10.2 Å². The van der Waals surface area contributed by atoms with Crippen molar-refractivity contribution in [3.05, 3.63) is 35.9 Å². The Balaban J connectivity index is 1.73. The fraction of sp³-hybridized carbons (Fsp3) is 0.619. The number of nitrogens with one attached hydrogen (secondary N) is 1. The maximum absolute atomic E-state index is 13.1. The van der Waals surface area contributed by atoms with E-state index in [0.717, 1.165) is 51.9 Å². The monoisotopic (exact) mass is 358 g/mol. The summed E-state index contributed by atoms with van der Waals surface area (Å²) in [4.78, 5) is 26.8. The second-order valence-corrected chi connectivity index (χ2v) is 7.55. The summed E-state index contributed by atoms with van der Waals surface area (Å²) in [5, 5.41) is 3.09. The number of carbonyl (C=O) groups is 2. The minimum Gasteiger partial charge on any atom is -0.381 e. The first kappa shape index (κ1) is 18.9. The minimum atomic E-state index is -0.0215. The molecule has 2 heterocycles. The highest BCUT2D eigenvalue weighted by Crippen LogP contribution is 2.26. The molecule has 0 aliphatic carbocycles. The third kappa shape index (κ3) is 5.07. The summed E-state index contributed by atoms with van der Waals surface area (Å²) in [6, 6.07) is 10.3. The fourth-order valence-corrected chi connectivity index (χ4v) is 4.22. The van der Waals surface area contributed by atoms with Crippen molar-refractivity contribution in [3.8, 4) is 0 Å². The molecular weight excluding hydrogens is 328 g/mol. The van der Waals surface area contributed by atoms with E-state index in [1.165, 1.54) is 5.56 Å². The Bertz CT molecular complexity index is 599. The molecule has 2 fully saturated rings. The van der Waals surface area contributed by atoms with Gasteiger partial charge in [-0.15, -0.1) is 0 Å². The molecule has 26 heavy (non-hydrogen) atoms. The topological polar surface area (TPSA) is 58.6 Å². The molecule has 2 saturated heterocycles. The zero-order valence-corrected chi connectivity index (χ0v) is 15.7. The normalized spacial score (nSPS) is 24.3. The quantitative estimate of drug-likeness (QED) is 0.880. The van der Waals surface area contributed by atoms with Gasteiger partial charge in [-0.1, -0.05) is 30.3 Å². The lowest BCUT2D eigenvalue weighted by Gasteiger charge is -2.42. The third-order valence-electron chi connectivity index (χ3n) is 5.58. The molecule has 2 aliphatic rings. The summed E-state index contributed by atoms with van der Waals surface area (Å²) in [6.07, 6.45) is 5.19. The van der Waals surface area contributed by atoms with Crippen LogP contribution >= 0.6 is 0 Å². The van der Waals surface area contributed by atoms with Gasteiger partial charge in [0.2, 0.25) is 11.8 Å². The number of benzene rings is 1. The van der Waals surface area contributed by atoms with Crippen molar-refractivity contribution < 1.29 is 14.3 Å². The molecule has 2 atom stereocenters. The summed E-state index contributed by atoms with van der Waals surface area (Å²) in [5.74, 6) is 0.634. The van der Waals surface area contributed by atoms with E-state index in [9.17, 15) is 9.59 Å². The van der Waals surface area contributed by atoms with Crippen LogP contribution in [0.3, 0.4) is 0 Å². The van der Waals surface area contributed by atoms with Crippen LogP contribution in [0.2, 0.25) is 0 Å². The highest BCUT2D eigenvalue weighted by molar-refractivity contribution is 5.77. The number of likely N-dealkylation sites (tertiary alicyclic amines) is 1. The standard InChI is InChI=1S/C21H30N2O3/c1-16(24)22-19-8-5-11-23(20(19)14-17-6-3-2-4-7-17)21(25)15-18-9-12-26-13-10-18/h2-4,6-7,18-20H,5,8-15H2,1H3,(H,22,24)/t19-,20-/m0/s1. The van der Waals surface area contributed by atoms with Crippen LogP contribution in [-0.2, 0) is 20.7 Å². The second kappa shape index (κ2) is 9.17. The van der Waals surface area contributed by atoms with Crippen LogP contribution in [0.15, 0.2) is 30.3 Å². The van der Waals surface area contributed by atoms with Crippen LogP contribution in [0.5, 0.6) is 0 Å². The number of nitrogens with zero attached hydrogens (tertiary/aromatic N) is 1. The molecule has 0 unspecified atom stereocenters. The van der Waals surface area contributed by atoms with Crippen LogP contribution in [0.1, 0.15) is 44.6 Å². The van der Waals surface area contributed by atoms with Gasteiger partial charge in [-0.3, -0.25) is 9.59 Å². The third-order valence-corrected chi connectivity index (χ3v) is 5.58. The molecule has 0 aromatic heterocycles. The molecule has 1 N–H and O–H groups in total. The SMILES string of the molecule is CC(=O)N[C@H]1CCCN(C(=O)CC2CCOCC2)[C@H]1Cc1ccccc1. The average Bonchev–Trinajstić information content (AvgIpc) is 2.64. The van der Waals surface area contributed by atoms with E-state index < -0.39 is 0 Å². The molecule has 0 saturated carbocycles. The molecule has 0 spiro atoms. The first-order chi connectivity index (χ1) is 12.6. The molecule has 2 amide bonds. The Kier molecular flexibility index (Phi) is 6.67. The van der Waals surface area contributed by atoms with E-state index in [0.29, 0.717) is 12.3 Å². The van der Waals surface area contributed by atoms with Gasteiger partial charge >= 0.3 is 0 Å². The van der Waals surface area contributed by atoms with E-state index in [1.54, 1.807) is 6.92 Å². The smallest absolute Gasteiger partial charge is 0.223 e. The van der Waals surface area contributed by atoms with Crippen LogP contribution in [0, 0.1) is 5.92 Å². The lowest BCUT2D eigenvalue weighted by molar-refractivity contribution is -0.138. The van der Waals surface area contributed by atoms with E-state index in [2.05, 4.69) is 17.4 Å². The zero-order valence-electron chi connectivity index (χ0n) is 15.7. The van der Waals surface area contributed by atoms with Crippen molar-refractivity contribution in [2.45, 2.75) is 57.5 Å². The molecule has 142 valence electrons. The number of amides is 2. The molecule has 3 rings (SSSR count). The summed E-state index contributed by atoms with van der Waals surface area (Å²) in [5.41, 5.74) is 1.21. The largest absolute Gasteiger partial charge is 0.381 e. The summed E-state index contributed by atoms with van der Waals surface area (Å²) in [6.45, 7) is 3.87. The molecule has 5 heteroatoms. The van der Waals surface area contributed by atoms with Gasteiger partial charge in [0.15, 0.2) is 0 Å². The van der Waals surface area contributed by atoms with Gasteiger partial charge in [-0.2, -0.15) is 0 Å². The van der Waals surface area contributed by atoms with Gasteiger partial charge in [0.25, 0.3) is 0 Å². The summed E-state index contributed by atoms with van der Waals surface area (Å²) < 4.78 is 5.42. The van der Waals surface area contributed by atoms with Crippen molar-refractivity contribution >= 4 is 11.8 Å². The molecule has 1 aromatic rings. The Hall–Kier alpha value is -1.88. The van der Waals surface area contributed by atoms with E-state index in [-0.39, 0.29) is 23.9 Å². The van der Waals surface area contributed by atoms with Crippen molar-refractivity contribution in [3.63, 3.8) is 0 Å². The second-order valence-electron chi connectivity index (χ2n) is 7.55. The Morgan fingerprint density at radius 1 is 1.15 bits per heavy atom. The van der Waals surface area contributed by atoms with Gasteiger partial charge < -0.3 is 15.0 Å². The molecule has 0 bridgehead atoms. The van der Waals surface area contributed by atoms with Gasteiger partial charge in [0, 0.05) is 39.1 Å². The maximum Gasteiger partial charge on any atom is 0.223 e. The summed E-state index contributed by atoms with van der Waals surface area (Å²) >= 11 is 0. The van der Waals surface area contributed by atoms with Crippen LogP contribution in [0.25, 0.3) is 0 Å². The van der Waals surface area contributed by atoms with Gasteiger partial charge in [-0.25, -0.2) is 0 Å². The fourth-order valence-electron chi connectivity index (χ4n) is 4.22. The van der Waals surface area contributed by atoms with Gasteiger partial charge in [0.05, 0.1) is 6.04 Å². The number of hydrogen-bond acceptors (Lipinski definition) is 3. The number of piperidine rings is 1. The van der Waals surface area contributed by atoms with Crippen molar-refractivity contribution in [1.29, 1.82) is 0 Å².